The lowest BCUT2D eigenvalue weighted by Crippen LogP contribution is -2.41. The molecule has 0 bridgehead atoms. The highest BCUT2D eigenvalue weighted by Crippen LogP contribution is 2.22. The fraction of sp³-hybridized carbons (Fsp3) is 0.625. The van der Waals surface area contributed by atoms with Crippen LogP contribution in [-0.4, -0.2) is 31.1 Å². The SMILES string of the molecule is Cc1cccc(NCCN(C)C(C)C(C)(C)C)c1. The van der Waals surface area contributed by atoms with Gasteiger partial charge in [0.05, 0.1) is 0 Å². The molecule has 0 heterocycles. The Balaban J connectivity index is 2.38. The van der Waals surface area contributed by atoms with Gasteiger partial charge >= 0.3 is 0 Å². The fourth-order valence-corrected chi connectivity index (χ4v) is 1.99. The number of nitrogens with zero attached hydrogens (tertiary/aromatic N) is 1. The quantitative estimate of drug-likeness (QED) is 0.853. The van der Waals surface area contributed by atoms with Crippen molar-refractivity contribution in [3.63, 3.8) is 0 Å². The van der Waals surface area contributed by atoms with Gasteiger partial charge in [-0.05, 0) is 44.0 Å². The van der Waals surface area contributed by atoms with Crippen LogP contribution < -0.4 is 5.32 Å². The Bertz CT molecular complexity index is 366. The van der Waals surface area contributed by atoms with Crippen LogP contribution in [0, 0.1) is 12.3 Å². The van der Waals surface area contributed by atoms with Crippen LogP contribution >= 0.6 is 0 Å². The second-order valence-electron chi connectivity index (χ2n) is 6.32. The maximum absolute atomic E-state index is 3.48. The Morgan fingerprint density at radius 3 is 2.50 bits per heavy atom. The minimum Gasteiger partial charge on any atom is -0.384 e. The number of anilines is 1. The van der Waals surface area contributed by atoms with Crippen LogP contribution in [0.25, 0.3) is 0 Å². The number of hydrogen-bond donors (Lipinski definition) is 1. The van der Waals surface area contributed by atoms with E-state index in [-0.39, 0.29) is 0 Å². The summed E-state index contributed by atoms with van der Waals surface area (Å²) in [5.41, 5.74) is 2.85. The minimum atomic E-state index is 0.331. The third-order valence-electron chi connectivity index (χ3n) is 3.73. The van der Waals surface area contributed by atoms with E-state index < -0.39 is 0 Å². The maximum atomic E-state index is 3.48. The third-order valence-corrected chi connectivity index (χ3v) is 3.73. The van der Waals surface area contributed by atoms with Crippen molar-refractivity contribution in [2.24, 2.45) is 5.41 Å². The van der Waals surface area contributed by atoms with Crippen molar-refractivity contribution in [2.45, 2.75) is 40.7 Å². The first-order valence-electron chi connectivity index (χ1n) is 6.81. The zero-order valence-corrected chi connectivity index (χ0v) is 12.7. The predicted molar refractivity (Wildman–Crippen MR) is 81.2 cm³/mol. The molecule has 0 aromatic heterocycles. The van der Waals surface area contributed by atoms with E-state index in [1.165, 1.54) is 11.3 Å². The van der Waals surface area contributed by atoms with Crippen molar-refractivity contribution in [2.75, 3.05) is 25.5 Å². The summed E-state index contributed by atoms with van der Waals surface area (Å²) in [7, 11) is 2.20. The first-order chi connectivity index (χ1) is 8.30. The van der Waals surface area contributed by atoms with E-state index in [0.717, 1.165) is 13.1 Å². The van der Waals surface area contributed by atoms with E-state index in [4.69, 9.17) is 0 Å². The van der Waals surface area contributed by atoms with E-state index >= 15 is 0 Å². The normalized spacial score (nSPS) is 13.7. The van der Waals surface area contributed by atoms with Crippen LogP contribution in [0.15, 0.2) is 24.3 Å². The van der Waals surface area contributed by atoms with Gasteiger partial charge in [-0.15, -0.1) is 0 Å². The average Bonchev–Trinajstić information content (AvgIpc) is 2.26. The third kappa shape index (κ3) is 4.69. The summed E-state index contributed by atoms with van der Waals surface area (Å²) < 4.78 is 0. The van der Waals surface area contributed by atoms with Gasteiger partial charge in [-0.3, -0.25) is 0 Å². The van der Waals surface area contributed by atoms with E-state index in [9.17, 15) is 0 Å². The lowest BCUT2D eigenvalue weighted by Gasteiger charge is -2.35. The number of aryl methyl sites for hydroxylation is 1. The maximum Gasteiger partial charge on any atom is 0.0343 e. The fourth-order valence-electron chi connectivity index (χ4n) is 1.99. The van der Waals surface area contributed by atoms with Crippen molar-refractivity contribution >= 4 is 5.69 Å². The number of nitrogens with one attached hydrogen (secondary N) is 1. The highest BCUT2D eigenvalue weighted by Gasteiger charge is 2.23. The Morgan fingerprint density at radius 2 is 1.94 bits per heavy atom. The van der Waals surface area contributed by atoms with Gasteiger partial charge in [0.25, 0.3) is 0 Å². The molecule has 1 rings (SSSR count). The first-order valence-corrected chi connectivity index (χ1v) is 6.81. The summed E-state index contributed by atoms with van der Waals surface area (Å²) in [5.74, 6) is 0. The molecular formula is C16H28N2. The topological polar surface area (TPSA) is 15.3 Å². The van der Waals surface area contributed by atoms with E-state index in [1.807, 2.05) is 0 Å². The van der Waals surface area contributed by atoms with Crippen molar-refractivity contribution in [1.82, 2.24) is 4.90 Å². The highest BCUT2D eigenvalue weighted by atomic mass is 15.1. The number of likely N-dealkylation sites (N-methyl/N-ethyl adjacent to an activating group) is 1. The van der Waals surface area contributed by atoms with Crippen LogP contribution in [0.2, 0.25) is 0 Å². The van der Waals surface area contributed by atoms with E-state index in [2.05, 4.69) is 76.1 Å². The molecule has 0 aliphatic carbocycles. The van der Waals surface area contributed by atoms with E-state index in [0.29, 0.717) is 11.5 Å². The zero-order chi connectivity index (χ0) is 13.8. The second-order valence-corrected chi connectivity index (χ2v) is 6.32. The molecule has 0 amide bonds. The second kappa shape index (κ2) is 6.24. The monoisotopic (exact) mass is 248 g/mol. The van der Waals surface area contributed by atoms with Gasteiger partial charge in [0, 0.05) is 24.8 Å². The van der Waals surface area contributed by atoms with Crippen LogP contribution in [0.3, 0.4) is 0 Å². The molecule has 0 saturated heterocycles. The summed E-state index contributed by atoms with van der Waals surface area (Å²) in [6.45, 7) is 13.4. The van der Waals surface area contributed by atoms with Gasteiger partial charge in [-0.25, -0.2) is 0 Å². The molecule has 102 valence electrons. The molecular weight excluding hydrogens is 220 g/mol. The van der Waals surface area contributed by atoms with Crippen molar-refractivity contribution in [3.8, 4) is 0 Å². The molecule has 1 atom stereocenters. The first kappa shape index (κ1) is 15.0. The predicted octanol–water partition coefficient (Wildman–Crippen LogP) is 3.77. The summed E-state index contributed by atoms with van der Waals surface area (Å²) in [4.78, 5) is 2.42. The average molecular weight is 248 g/mol. The van der Waals surface area contributed by atoms with Gasteiger partial charge in [0.2, 0.25) is 0 Å². The van der Waals surface area contributed by atoms with Crippen LogP contribution in [-0.2, 0) is 0 Å². The van der Waals surface area contributed by atoms with Crippen LogP contribution in [0.4, 0.5) is 5.69 Å². The lowest BCUT2D eigenvalue weighted by atomic mass is 9.87. The smallest absolute Gasteiger partial charge is 0.0343 e. The summed E-state index contributed by atoms with van der Waals surface area (Å²) in [6, 6.07) is 9.11. The van der Waals surface area contributed by atoms with Crippen LogP contribution in [0.5, 0.6) is 0 Å². The minimum absolute atomic E-state index is 0.331. The standard InChI is InChI=1S/C16H28N2/c1-13-8-7-9-15(12-13)17-10-11-18(6)14(2)16(3,4)5/h7-9,12,14,17H,10-11H2,1-6H3. The largest absolute Gasteiger partial charge is 0.384 e. The molecule has 1 aromatic carbocycles. The Labute approximate surface area is 112 Å². The Morgan fingerprint density at radius 1 is 1.28 bits per heavy atom. The van der Waals surface area contributed by atoms with Crippen LogP contribution in [0.1, 0.15) is 33.3 Å². The van der Waals surface area contributed by atoms with Crippen molar-refractivity contribution in [3.05, 3.63) is 29.8 Å². The highest BCUT2D eigenvalue weighted by molar-refractivity contribution is 5.45. The Kier molecular flexibility index (Phi) is 5.21. The molecule has 2 heteroatoms. The zero-order valence-electron chi connectivity index (χ0n) is 12.7. The molecule has 1 N–H and O–H groups in total. The van der Waals surface area contributed by atoms with Gasteiger partial charge < -0.3 is 10.2 Å². The van der Waals surface area contributed by atoms with Gasteiger partial charge in [-0.1, -0.05) is 32.9 Å². The number of hydrogen-bond acceptors (Lipinski definition) is 2. The molecule has 1 aromatic rings. The summed E-state index contributed by atoms with van der Waals surface area (Å²) in [5, 5.41) is 3.48. The summed E-state index contributed by atoms with van der Waals surface area (Å²) in [6.07, 6.45) is 0. The molecule has 0 aliphatic heterocycles. The van der Waals surface area contributed by atoms with Gasteiger partial charge in [-0.2, -0.15) is 0 Å². The molecule has 2 nitrogen and oxygen atoms in total. The lowest BCUT2D eigenvalue weighted by molar-refractivity contribution is 0.146. The summed E-state index contributed by atoms with van der Waals surface area (Å²) >= 11 is 0. The van der Waals surface area contributed by atoms with Crippen molar-refractivity contribution in [1.29, 1.82) is 0 Å². The molecule has 18 heavy (non-hydrogen) atoms. The molecule has 0 aliphatic rings. The molecule has 0 fully saturated rings. The molecule has 1 unspecified atom stereocenters. The number of benzene rings is 1. The Hall–Kier alpha value is -1.02. The number of rotatable bonds is 5. The molecule has 0 radical (unpaired) electrons. The van der Waals surface area contributed by atoms with E-state index in [1.54, 1.807) is 0 Å². The molecule has 0 spiro atoms. The van der Waals surface area contributed by atoms with Gasteiger partial charge in [0.15, 0.2) is 0 Å². The van der Waals surface area contributed by atoms with Gasteiger partial charge in [0.1, 0.15) is 0 Å². The molecule has 0 saturated carbocycles. The van der Waals surface area contributed by atoms with Crippen molar-refractivity contribution < 1.29 is 0 Å².